The summed E-state index contributed by atoms with van der Waals surface area (Å²) in [5.74, 6) is 5.70. The molecule has 0 fully saturated rings. The van der Waals surface area contributed by atoms with E-state index < -0.39 is 0 Å². The maximum absolute atomic E-state index is 10.1. The minimum Gasteiger partial charge on any atom is -0.289 e. The summed E-state index contributed by atoms with van der Waals surface area (Å²) >= 11 is 0. The van der Waals surface area contributed by atoms with Crippen molar-refractivity contribution in [1.82, 2.24) is 0 Å². The van der Waals surface area contributed by atoms with Crippen LogP contribution in [0.1, 0.15) is 30.9 Å². The first kappa shape index (κ1) is 9.54. The Morgan fingerprint density at radius 2 is 2.00 bits per heavy atom. The number of hydrogen-bond donors (Lipinski definition) is 0. The number of rotatable bonds is 1. The van der Waals surface area contributed by atoms with Crippen LogP contribution in [-0.4, -0.2) is 6.29 Å². The molecule has 0 bridgehead atoms. The van der Waals surface area contributed by atoms with Crippen molar-refractivity contribution < 1.29 is 4.79 Å². The number of carbonyl (C=O) groups is 1. The predicted octanol–water partition coefficient (Wildman–Crippen LogP) is 2.36. The van der Waals surface area contributed by atoms with Gasteiger partial charge in [-0.1, -0.05) is 38.0 Å². The van der Waals surface area contributed by atoms with Gasteiger partial charge in [0, 0.05) is 5.56 Å². The molecule has 1 rings (SSSR count). The summed E-state index contributed by atoms with van der Waals surface area (Å²) in [6.07, 6.45) is 0.622. The van der Waals surface area contributed by atoms with E-state index in [0.29, 0.717) is 12.2 Å². The summed E-state index contributed by atoms with van der Waals surface area (Å²) in [6, 6.07) is 7.90. The first-order chi connectivity index (χ1) is 6.25. The van der Waals surface area contributed by atoms with Crippen molar-refractivity contribution in [1.29, 1.82) is 0 Å². The topological polar surface area (TPSA) is 17.1 Å². The molecule has 1 aromatic carbocycles. The van der Waals surface area contributed by atoms with Gasteiger partial charge < -0.3 is 0 Å². The Morgan fingerprint density at radius 1 is 1.31 bits per heavy atom. The third-order valence-corrected chi connectivity index (χ3v) is 1.85. The van der Waals surface area contributed by atoms with Crippen molar-refractivity contribution in [3.8, 4) is 11.8 Å². The molecule has 1 aromatic rings. The molecule has 0 saturated carbocycles. The molecule has 0 radical (unpaired) electrons. The second kappa shape index (κ2) is 4.47. The molecule has 0 atom stereocenters. The van der Waals surface area contributed by atoms with Crippen LogP contribution in [0, 0.1) is 11.8 Å². The van der Waals surface area contributed by atoms with E-state index in [4.69, 9.17) is 0 Å². The van der Waals surface area contributed by atoms with E-state index in [1.807, 2.05) is 24.3 Å². The van der Waals surface area contributed by atoms with Gasteiger partial charge >= 0.3 is 0 Å². The lowest BCUT2D eigenvalue weighted by molar-refractivity contribution is -0.103. The Balaban J connectivity index is 3.11. The zero-order valence-electron chi connectivity index (χ0n) is 7.87. The average molecular weight is 172 g/mol. The van der Waals surface area contributed by atoms with Gasteiger partial charge in [0.05, 0.1) is 0 Å². The Hall–Kier alpha value is -1.55. The molecular formula is C12H12O. The quantitative estimate of drug-likeness (QED) is 0.469. The molecule has 1 nitrogen and oxygen atoms in total. The second-order valence-corrected chi connectivity index (χ2v) is 3.13. The molecule has 0 unspecified atom stereocenters. The lowest BCUT2D eigenvalue weighted by Gasteiger charge is -2.06. The highest BCUT2D eigenvalue weighted by atomic mass is 16.1. The van der Waals surface area contributed by atoms with Crippen molar-refractivity contribution >= 4 is 6.29 Å². The molecule has 66 valence electrons. The third-order valence-electron chi connectivity index (χ3n) is 1.85. The Labute approximate surface area is 78.8 Å². The van der Waals surface area contributed by atoms with Crippen molar-refractivity contribution in [2.45, 2.75) is 19.8 Å². The van der Waals surface area contributed by atoms with E-state index in [0.717, 1.165) is 5.56 Å². The molecule has 0 aromatic heterocycles. The average Bonchev–Trinajstić information content (AvgIpc) is 2.15. The van der Waals surface area contributed by atoms with Crippen LogP contribution in [0.4, 0.5) is 0 Å². The van der Waals surface area contributed by atoms with E-state index in [-0.39, 0.29) is 0 Å². The van der Waals surface area contributed by atoms with Crippen molar-refractivity contribution in [2.75, 3.05) is 0 Å². The summed E-state index contributed by atoms with van der Waals surface area (Å²) in [4.78, 5) is 10.1. The Morgan fingerprint density at radius 3 is 2.62 bits per heavy atom. The molecule has 0 heterocycles. The molecule has 0 saturated heterocycles. The van der Waals surface area contributed by atoms with Crippen LogP contribution in [0.3, 0.4) is 0 Å². The zero-order valence-corrected chi connectivity index (χ0v) is 7.87. The highest BCUT2D eigenvalue weighted by Gasteiger charge is 2.02. The first-order valence-electron chi connectivity index (χ1n) is 4.30. The van der Waals surface area contributed by atoms with E-state index in [2.05, 4.69) is 25.7 Å². The van der Waals surface area contributed by atoms with E-state index >= 15 is 0 Å². The Kier molecular flexibility index (Phi) is 3.28. The van der Waals surface area contributed by atoms with Gasteiger partial charge in [0.1, 0.15) is 0 Å². The number of carbonyl (C=O) groups excluding carboxylic acids is 1. The summed E-state index contributed by atoms with van der Waals surface area (Å²) < 4.78 is 0. The van der Waals surface area contributed by atoms with Gasteiger partial charge in [-0.3, -0.25) is 4.79 Å². The SMILES string of the molecule is CC(C)c1ccccc1C#CC=O. The third kappa shape index (κ3) is 2.45. The molecule has 0 amide bonds. The highest BCUT2D eigenvalue weighted by Crippen LogP contribution is 2.17. The minimum atomic E-state index is 0.442. The summed E-state index contributed by atoms with van der Waals surface area (Å²) in [5, 5.41) is 0. The van der Waals surface area contributed by atoms with Crippen molar-refractivity contribution in [2.24, 2.45) is 0 Å². The van der Waals surface area contributed by atoms with Gasteiger partial charge in [-0.25, -0.2) is 0 Å². The summed E-state index contributed by atoms with van der Waals surface area (Å²) in [6.45, 7) is 4.23. The molecule has 13 heavy (non-hydrogen) atoms. The number of benzene rings is 1. The molecule has 0 aliphatic rings. The van der Waals surface area contributed by atoms with Gasteiger partial charge in [-0.05, 0) is 23.5 Å². The minimum absolute atomic E-state index is 0.442. The van der Waals surface area contributed by atoms with Crippen LogP contribution in [0.25, 0.3) is 0 Å². The van der Waals surface area contributed by atoms with Crippen LogP contribution in [-0.2, 0) is 4.79 Å². The fourth-order valence-electron chi connectivity index (χ4n) is 1.22. The lowest BCUT2D eigenvalue weighted by Crippen LogP contribution is -1.91. The zero-order chi connectivity index (χ0) is 9.68. The second-order valence-electron chi connectivity index (χ2n) is 3.13. The maximum atomic E-state index is 10.1. The van der Waals surface area contributed by atoms with Gasteiger partial charge in [0.15, 0.2) is 6.29 Å². The smallest absolute Gasteiger partial charge is 0.193 e. The largest absolute Gasteiger partial charge is 0.289 e. The normalized spacial score (nSPS) is 9.15. The molecule has 0 spiro atoms. The van der Waals surface area contributed by atoms with Gasteiger partial charge in [0.25, 0.3) is 0 Å². The van der Waals surface area contributed by atoms with Crippen LogP contribution < -0.4 is 0 Å². The van der Waals surface area contributed by atoms with Crippen LogP contribution >= 0.6 is 0 Å². The number of hydrogen-bond acceptors (Lipinski definition) is 1. The fourth-order valence-corrected chi connectivity index (χ4v) is 1.22. The fraction of sp³-hybridized carbons (Fsp3) is 0.250. The molecule has 0 N–H and O–H groups in total. The highest BCUT2D eigenvalue weighted by molar-refractivity contribution is 5.74. The molecule has 0 aliphatic heterocycles. The number of aldehydes is 1. The Bertz CT molecular complexity index is 353. The van der Waals surface area contributed by atoms with Crippen molar-refractivity contribution in [3.05, 3.63) is 35.4 Å². The maximum Gasteiger partial charge on any atom is 0.193 e. The summed E-state index contributed by atoms with van der Waals surface area (Å²) in [5.41, 5.74) is 2.14. The van der Waals surface area contributed by atoms with Gasteiger partial charge in [-0.2, -0.15) is 0 Å². The van der Waals surface area contributed by atoms with Crippen LogP contribution in [0.2, 0.25) is 0 Å². The van der Waals surface area contributed by atoms with Crippen molar-refractivity contribution in [3.63, 3.8) is 0 Å². The molecule has 1 heteroatoms. The van der Waals surface area contributed by atoms with E-state index in [9.17, 15) is 4.79 Å². The van der Waals surface area contributed by atoms with Crippen LogP contribution in [0.15, 0.2) is 24.3 Å². The molecular weight excluding hydrogens is 160 g/mol. The summed E-state index contributed by atoms with van der Waals surface area (Å²) in [7, 11) is 0. The monoisotopic (exact) mass is 172 g/mol. The van der Waals surface area contributed by atoms with Gasteiger partial charge in [-0.15, -0.1) is 0 Å². The lowest BCUT2D eigenvalue weighted by atomic mass is 9.98. The standard InChI is InChI=1S/C12H12O/c1-10(2)12-8-4-3-6-11(12)7-5-9-13/h3-4,6,8-10H,1-2H3. The van der Waals surface area contributed by atoms with E-state index in [1.54, 1.807) is 0 Å². The molecule has 0 aliphatic carbocycles. The van der Waals surface area contributed by atoms with Gasteiger partial charge in [0.2, 0.25) is 0 Å². The van der Waals surface area contributed by atoms with Crippen LogP contribution in [0.5, 0.6) is 0 Å². The first-order valence-corrected chi connectivity index (χ1v) is 4.30. The van der Waals surface area contributed by atoms with E-state index in [1.165, 1.54) is 5.56 Å². The predicted molar refractivity (Wildman–Crippen MR) is 53.5 cm³/mol.